The van der Waals surface area contributed by atoms with Crippen LogP contribution in [0.3, 0.4) is 0 Å². The number of nitro groups is 1. The molecule has 0 unspecified atom stereocenters. The lowest BCUT2D eigenvalue weighted by Gasteiger charge is -2.12. The highest BCUT2D eigenvalue weighted by molar-refractivity contribution is 7.90. The topological polar surface area (TPSA) is 95.1 Å². The molecule has 0 spiro atoms. The summed E-state index contributed by atoms with van der Waals surface area (Å²) in [5.41, 5.74) is 0.0616. The molecule has 0 aliphatic carbocycles. The van der Waals surface area contributed by atoms with Crippen LogP contribution in [0.25, 0.3) is 11.0 Å². The summed E-state index contributed by atoms with van der Waals surface area (Å²) in [5, 5.41) is 11.0. The van der Waals surface area contributed by atoms with Crippen LogP contribution in [-0.2, 0) is 9.84 Å². The normalized spacial score (nSPS) is 12.3. The van der Waals surface area contributed by atoms with Crippen molar-refractivity contribution >= 4 is 38.2 Å². The van der Waals surface area contributed by atoms with Crippen LogP contribution < -0.4 is 0 Å². The van der Waals surface area contributed by atoms with Crippen LogP contribution in [0.15, 0.2) is 11.0 Å². The molecule has 0 fully saturated rings. The fourth-order valence-electron chi connectivity index (χ4n) is 2.38. The number of fused-ring (bicyclic) bond motifs is 1. The molecule has 0 saturated carbocycles. The highest BCUT2D eigenvalue weighted by Gasteiger charge is 2.30. The molecule has 21 heavy (non-hydrogen) atoms. The molecule has 2 aromatic rings. The van der Waals surface area contributed by atoms with E-state index in [0.29, 0.717) is 5.82 Å². The zero-order valence-corrected chi connectivity index (χ0v) is 13.5. The summed E-state index contributed by atoms with van der Waals surface area (Å²) in [4.78, 5) is 14.7. The number of halogens is 1. The molecule has 0 aliphatic heterocycles. The molecule has 0 bridgehead atoms. The second-order valence-corrected chi connectivity index (χ2v) is 7.42. The van der Waals surface area contributed by atoms with Gasteiger partial charge in [0.1, 0.15) is 16.4 Å². The fraction of sp³-hybridized carbons (Fsp3) is 0.417. The smallest absolute Gasteiger partial charge is 0.314 e. The maximum atomic E-state index is 11.8. The van der Waals surface area contributed by atoms with Gasteiger partial charge in [-0.15, -0.1) is 0 Å². The summed E-state index contributed by atoms with van der Waals surface area (Å²) in [6, 6.07) is 1.21. The maximum absolute atomic E-state index is 11.8. The lowest BCUT2D eigenvalue weighted by Crippen LogP contribution is -2.06. The minimum Gasteiger partial charge on any atom is -0.320 e. The van der Waals surface area contributed by atoms with Gasteiger partial charge in [-0.05, 0) is 26.8 Å². The lowest BCUT2D eigenvalue weighted by atomic mass is 10.2. The minimum atomic E-state index is -3.69. The average molecular weight is 332 g/mol. The molecule has 114 valence electrons. The van der Waals surface area contributed by atoms with Crippen molar-refractivity contribution in [2.45, 2.75) is 31.7 Å². The van der Waals surface area contributed by atoms with E-state index in [1.165, 1.54) is 6.07 Å². The molecule has 0 aliphatic rings. The van der Waals surface area contributed by atoms with Gasteiger partial charge in [0.05, 0.1) is 15.3 Å². The number of nitrogens with zero attached hydrogens (tertiary/aromatic N) is 3. The van der Waals surface area contributed by atoms with Crippen LogP contribution in [-0.4, -0.2) is 29.1 Å². The molecular formula is C12H14ClN3O4S. The van der Waals surface area contributed by atoms with Crippen LogP contribution >= 0.6 is 11.6 Å². The molecule has 1 aromatic carbocycles. The van der Waals surface area contributed by atoms with Crippen molar-refractivity contribution in [2.24, 2.45) is 0 Å². The Bertz CT molecular complexity index is 855. The molecule has 2 rings (SSSR count). The Morgan fingerprint density at radius 3 is 2.43 bits per heavy atom. The first-order valence-electron chi connectivity index (χ1n) is 6.11. The number of imidazole rings is 1. The molecule has 0 N–H and O–H groups in total. The predicted molar refractivity (Wildman–Crippen MR) is 79.6 cm³/mol. The number of sulfone groups is 1. The van der Waals surface area contributed by atoms with Crippen LogP contribution in [0, 0.1) is 17.0 Å². The third kappa shape index (κ3) is 2.49. The zero-order chi connectivity index (χ0) is 16.1. The van der Waals surface area contributed by atoms with Gasteiger partial charge in [-0.3, -0.25) is 10.1 Å². The number of hydrogen-bond acceptors (Lipinski definition) is 5. The van der Waals surface area contributed by atoms with Gasteiger partial charge in [-0.1, -0.05) is 11.6 Å². The van der Waals surface area contributed by atoms with Gasteiger partial charge in [0.25, 0.3) is 0 Å². The molecule has 9 heteroatoms. The number of aromatic nitrogens is 2. The molecule has 0 atom stereocenters. The van der Waals surface area contributed by atoms with Gasteiger partial charge >= 0.3 is 5.69 Å². The van der Waals surface area contributed by atoms with E-state index in [4.69, 9.17) is 11.6 Å². The van der Waals surface area contributed by atoms with E-state index in [1.807, 2.05) is 13.8 Å². The van der Waals surface area contributed by atoms with E-state index in [2.05, 4.69) is 4.98 Å². The van der Waals surface area contributed by atoms with Crippen molar-refractivity contribution in [2.75, 3.05) is 6.26 Å². The quantitative estimate of drug-likeness (QED) is 0.636. The van der Waals surface area contributed by atoms with Crippen LogP contribution in [0.1, 0.15) is 25.7 Å². The molecule has 0 amide bonds. The highest BCUT2D eigenvalue weighted by Crippen LogP contribution is 2.39. The van der Waals surface area contributed by atoms with Crippen LogP contribution in [0.2, 0.25) is 5.02 Å². The van der Waals surface area contributed by atoms with Crippen LogP contribution in [0.4, 0.5) is 5.69 Å². The van der Waals surface area contributed by atoms with Crippen molar-refractivity contribution in [3.05, 3.63) is 27.0 Å². The summed E-state index contributed by atoms with van der Waals surface area (Å²) in [6.45, 7) is 5.42. The number of benzene rings is 1. The second kappa shape index (κ2) is 4.96. The summed E-state index contributed by atoms with van der Waals surface area (Å²) in [7, 11) is -3.69. The lowest BCUT2D eigenvalue weighted by molar-refractivity contribution is -0.383. The van der Waals surface area contributed by atoms with Gasteiger partial charge in [-0.2, -0.15) is 0 Å². The van der Waals surface area contributed by atoms with Gasteiger partial charge < -0.3 is 4.57 Å². The van der Waals surface area contributed by atoms with Gasteiger partial charge in [0.2, 0.25) is 0 Å². The molecule has 1 aromatic heterocycles. The summed E-state index contributed by atoms with van der Waals surface area (Å²) >= 11 is 5.99. The van der Waals surface area contributed by atoms with E-state index in [-0.39, 0.29) is 27.0 Å². The zero-order valence-electron chi connectivity index (χ0n) is 11.9. The number of aryl methyl sites for hydroxylation is 1. The minimum absolute atomic E-state index is 0.0751. The Hall–Kier alpha value is -1.67. The molecule has 0 radical (unpaired) electrons. The van der Waals surface area contributed by atoms with E-state index < -0.39 is 20.4 Å². The van der Waals surface area contributed by atoms with Crippen LogP contribution in [0.5, 0.6) is 0 Å². The summed E-state index contributed by atoms with van der Waals surface area (Å²) in [6.07, 6.45) is 0.954. The highest BCUT2D eigenvalue weighted by atomic mass is 35.5. The predicted octanol–water partition coefficient (Wildman–Crippen LogP) is 2.89. The Kier molecular flexibility index (Phi) is 3.71. The number of hydrogen-bond donors (Lipinski definition) is 0. The van der Waals surface area contributed by atoms with Crippen molar-refractivity contribution in [1.82, 2.24) is 9.55 Å². The first-order chi connectivity index (χ1) is 9.55. The SMILES string of the molecule is Cc1nc2cc(S(C)(=O)=O)c(Cl)c([N+](=O)[O-])c2n1C(C)C. The molecule has 7 nitrogen and oxygen atoms in total. The standard InChI is InChI=1S/C12H14ClN3O4S/c1-6(2)15-7(3)14-8-5-9(21(4,19)20)10(13)12(11(8)15)16(17)18/h5-6H,1-4H3. The first kappa shape index (κ1) is 15.7. The third-order valence-electron chi connectivity index (χ3n) is 3.13. The van der Waals surface area contributed by atoms with Gasteiger partial charge in [0, 0.05) is 12.3 Å². The molecule has 0 saturated heterocycles. The Labute approximate surface area is 126 Å². The van der Waals surface area contributed by atoms with E-state index >= 15 is 0 Å². The maximum Gasteiger partial charge on any atom is 0.314 e. The van der Waals surface area contributed by atoms with E-state index in [1.54, 1.807) is 11.5 Å². The van der Waals surface area contributed by atoms with E-state index in [0.717, 1.165) is 6.26 Å². The Morgan fingerprint density at radius 2 is 2.00 bits per heavy atom. The van der Waals surface area contributed by atoms with Crippen molar-refractivity contribution in [1.29, 1.82) is 0 Å². The van der Waals surface area contributed by atoms with Crippen molar-refractivity contribution < 1.29 is 13.3 Å². The Balaban J connectivity index is 3.09. The van der Waals surface area contributed by atoms with Gasteiger partial charge in [0.15, 0.2) is 9.84 Å². The fourth-order valence-corrected chi connectivity index (χ4v) is 3.76. The number of rotatable bonds is 3. The largest absolute Gasteiger partial charge is 0.320 e. The Morgan fingerprint density at radius 1 is 1.43 bits per heavy atom. The monoisotopic (exact) mass is 331 g/mol. The first-order valence-corrected chi connectivity index (χ1v) is 8.38. The average Bonchev–Trinajstić information content (AvgIpc) is 2.61. The van der Waals surface area contributed by atoms with E-state index in [9.17, 15) is 18.5 Å². The molecular weight excluding hydrogens is 318 g/mol. The summed E-state index contributed by atoms with van der Waals surface area (Å²) in [5.74, 6) is 0.560. The van der Waals surface area contributed by atoms with Gasteiger partial charge in [-0.25, -0.2) is 13.4 Å². The third-order valence-corrected chi connectivity index (χ3v) is 4.74. The van der Waals surface area contributed by atoms with Crippen molar-refractivity contribution in [3.63, 3.8) is 0 Å². The second-order valence-electron chi connectivity index (χ2n) is 5.06. The number of nitro benzene ring substituents is 1. The molecule has 1 heterocycles. The van der Waals surface area contributed by atoms with Crippen molar-refractivity contribution in [3.8, 4) is 0 Å². The summed E-state index contributed by atoms with van der Waals surface area (Å²) < 4.78 is 25.2.